The van der Waals surface area contributed by atoms with E-state index in [4.69, 9.17) is 10.5 Å². The van der Waals surface area contributed by atoms with Crippen LogP contribution in [0.3, 0.4) is 0 Å². The summed E-state index contributed by atoms with van der Waals surface area (Å²) in [6.45, 7) is 3.50. The van der Waals surface area contributed by atoms with Gasteiger partial charge in [0.1, 0.15) is 6.61 Å². The summed E-state index contributed by atoms with van der Waals surface area (Å²) in [7, 11) is 0. The fourth-order valence-corrected chi connectivity index (χ4v) is 2.01. The number of hydrogen-bond donors (Lipinski definition) is 2. The van der Waals surface area contributed by atoms with Gasteiger partial charge in [0.25, 0.3) is 0 Å². The average Bonchev–Trinajstić information content (AvgIpc) is 2.42. The molecule has 2 rings (SSSR count). The molecule has 0 saturated carbocycles. The lowest BCUT2D eigenvalue weighted by molar-refractivity contribution is -0.142. The van der Waals surface area contributed by atoms with Crippen LogP contribution in [0.25, 0.3) is 0 Å². The van der Waals surface area contributed by atoms with Crippen LogP contribution in [0.4, 0.5) is 11.4 Å². The molecule has 0 aromatic heterocycles. The number of morpholine rings is 1. The molecule has 1 aliphatic heterocycles. The van der Waals surface area contributed by atoms with Gasteiger partial charge in [0.15, 0.2) is 0 Å². The molecular weight excluding hydrogens is 258 g/mol. The van der Waals surface area contributed by atoms with Crippen LogP contribution >= 0.6 is 0 Å². The third-order valence-corrected chi connectivity index (χ3v) is 3.23. The van der Waals surface area contributed by atoms with Gasteiger partial charge in [-0.3, -0.25) is 9.59 Å². The van der Waals surface area contributed by atoms with Crippen molar-refractivity contribution >= 4 is 23.2 Å². The van der Waals surface area contributed by atoms with Crippen molar-refractivity contribution in [2.24, 2.45) is 0 Å². The Morgan fingerprint density at radius 2 is 2.30 bits per heavy atom. The molecule has 108 valence electrons. The van der Waals surface area contributed by atoms with E-state index in [0.717, 1.165) is 5.56 Å². The molecule has 1 aromatic rings. The SMILES string of the molecule is Cc1ccc(N)cc1NC(=O)CCN1CCOCC1=O. The number of benzene rings is 1. The number of carbonyl (C=O) groups is 2. The minimum absolute atomic E-state index is 0.0656. The van der Waals surface area contributed by atoms with Gasteiger partial charge in [0.05, 0.1) is 6.61 Å². The molecule has 1 saturated heterocycles. The molecule has 1 fully saturated rings. The lowest BCUT2D eigenvalue weighted by Gasteiger charge is -2.26. The first-order chi connectivity index (χ1) is 9.56. The van der Waals surface area contributed by atoms with Crippen molar-refractivity contribution in [2.45, 2.75) is 13.3 Å². The molecule has 0 atom stereocenters. The standard InChI is InChI=1S/C14H19N3O3/c1-10-2-3-11(15)8-12(10)16-13(18)4-5-17-6-7-20-9-14(17)19/h2-3,8H,4-7,9,15H2,1H3,(H,16,18). The number of anilines is 2. The molecule has 0 aliphatic carbocycles. The van der Waals surface area contributed by atoms with Gasteiger partial charge in [0, 0.05) is 30.9 Å². The predicted octanol–water partition coefficient (Wildman–Crippen LogP) is 0.765. The monoisotopic (exact) mass is 277 g/mol. The average molecular weight is 277 g/mol. The van der Waals surface area contributed by atoms with Crippen molar-refractivity contribution in [3.63, 3.8) is 0 Å². The number of amides is 2. The molecule has 0 spiro atoms. The molecule has 0 radical (unpaired) electrons. The highest BCUT2D eigenvalue weighted by molar-refractivity contribution is 5.92. The Morgan fingerprint density at radius 1 is 1.50 bits per heavy atom. The molecule has 0 unspecified atom stereocenters. The number of hydrogen-bond acceptors (Lipinski definition) is 4. The molecule has 1 heterocycles. The normalized spacial score (nSPS) is 15.2. The summed E-state index contributed by atoms with van der Waals surface area (Å²) in [4.78, 5) is 25.1. The topological polar surface area (TPSA) is 84.7 Å². The molecule has 2 amide bonds. The van der Waals surface area contributed by atoms with Crippen molar-refractivity contribution < 1.29 is 14.3 Å². The summed E-state index contributed by atoms with van der Waals surface area (Å²) in [5.74, 6) is -0.192. The van der Waals surface area contributed by atoms with E-state index in [1.807, 2.05) is 13.0 Å². The molecule has 1 aromatic carbocycles. The largest absolute Gasteiger partial charge is 0.399 e. The number of nitrogen functional groups attached to an aromatic ring is 1. The lowest BCUT2D eigenvalue weighted by Crippen LogP contribution is -2.42. The first-order valence-electron chi connectivity index (χ1n) is 6.58. The molecule has 6 heteroatoms. The summed E-state index contributed by atoms with van der Waals surface area (Å²) in [5, 5.41) is 2.82. The van der Waals surface area contributed by atoms with Gasteiger partial charge in [0.2, 0.25) is 11.8 Å². The van der Waals surface area contributed by atoms with E-state index in [2.05, 4.69) is 5.32 Å². The van der Waals surface area contributed by atoms with Gasteiger partial charge in [-0.25, -0.2) is 0 Å². The number of aryl methyl sites for hydroxylation is 1. The van der Waals surface area contributed by atoms with Crippen LogP contribution in [-0.4, -0.2) is 43.0 Å². The number of rotatable bonds is 4. The van der Waals surface area contributed by atoms with E-state index in [-0.39, 0.29) is 24.8 Å². The lowest BCUT2D eigenvalue weighted by atomic mass is 10.2. The van der Waals surface area contributed by atoms with Gasteiger partial charge in [-0.1, -0.05) is 6.07 Å². The minimum Gasteiger partial charge on any atom is -0.399 e. The van der Waals surface area contributed by atoms with E-state index < -0.39 is 0 Å². The minimum atomic E-state index is -0.127. The van der Waals surface area contributed by atoms with Crippen LogP contribution in [-0.2, 0) is 14.3 Å². The maximum atomic E-state index is 11.9. The van der Waals surface area contributed by atoms with Crippen molar-refractivity contribution in [1.82, 2.24) is 4.90 Å². The van der Waals surface area contributed by atoms with Crippen molar-refractivity contribution in [3.05, 3.63) is 23.8 Å². The maximum Gasteiger partial charge on any atom is 0.248 e. The van der Waals surface area contributed by atoms with E-state index in [1.54, 1.807) is 17.0 Å². The number of carbonyl (C=O) groups excluding carboxylic acids is 2. The predicted molar refractivity (Wildman–Crippen MR) is 76.2 cm³/mol. The fourth-order valence-electron chi connectivity index (χ4n) is 2.01. The number of ether oxygens (including phenoxy) is 1. The van der Waals surface area contributed by atoms with Crippen LogP contribution in [0, 0.1) is 6.92 Å². The van der Waals surface area contributed by atoms with Crippen LogP contribution < -0.4 is 11.1 Å². The second kappa shape index (κ2) is 6.38. The second-order valence-corrected chi connectivity index (χ2v) is 4.81. The van der Waals surface area contributed by atoms with E-state index in [1.165, 1.54) is 0 Å². The number of nitrogens with one attached hydrogen (secondary N) is 1. The first-order valence-corrected chi connectivity index (χ1v) is 6.58. The fraction of sp³-hybridized carbons (Fsp3) is 0.429. The summed E-state index contributed by atoms with van der Waals surface area (Å²) in [6, 6.07) is 5.38. The Labute approximate surface area is 117 Å². The Balaban J connectivity index is 1.86. The van der Waals surface area contributed by atoms with Gasteiger partial charge in [-0.2, -0.15) is 0 Å². The summed E-state index contributed by atoms with van der Waals surface area (Å²) < 4.78 is 5.04. The van der Waals surface area contributed by atoms with Gasteiger partial charge < -0.3 is 20.7 Å². The molecule has 20 heavy (non-hydrogen) atoms. The molecule has 6 nitrogen and oxygen atoms in total. The zero-order chi connectivity index (χ0) is 14.5. The summed E-state index contributed by atoms with van der Waals surface area (Å²) >= 11 is 0. The highest BCUT2D eigenvalue weighted by Gasteiger charge is 2.19. The van der Waals surface area contributed by atoms with Crippen molar-refractivity contribution in [2.75, 3.05) is 37.4 Å². The van der Waals surface area contributed by atoms with Crippen LogP contribution in [0.2, 0.25) is 0 Å². The molecule has 0 bridgehead atoms. The number of nitrogens with zero attached hydrogens (tertiary/aromatic N) is 1. The zero-order valence-corrected chi connectivity index (χ0v) is 11.5. The van der Waals surface area contributed by atoms with Gasteiger partial charge in [-0.15, -0.1) is 0 Å². The van der Waals surface area contributed by atoms with E-state index in [0.29, 0.717) is 31.1 Å². The first kappa shape index (κ1) is 14.3. The Kier molecular flexibility index (Phi) is 4.57. The summed E-state index contributed by atoms with van der Waals surface area (Å²) in [6.07, 6.45) is 0.264. The molecular formula is C14H19N3O3. The zero-order valence-electron chi connectivity index (χ0n) is 11.5. The maximum absolute atomic E-state index is 11.9. The van der Waals surface area contributed by atoms with E-state index >= 15 is 0 Å². The molecule has 3 N–H and O–H groups in total. The van der Waals surface area contributed by atoms with Gasteiger partial charge in [-0.05, 0) is 24.6 Å². The van der Waals surface area contributed by atoms with E-state index in [9.17, 15) is 9.59 Å². The van der Waals surface area contributed by atoms with Crippen molar-refractivity contribution in [1.29, 1.82) is 0 Å². The third-order valence-electron chi connectivity index (χ3n) is 3.23. The van der Waals surface area contributed by atoms with Crippen LogP contribution in [0.1, 0.15) is 12.0 Å². The highest BCUT2D eigenvalue weighted by Crippen LogP contribution is 2.18. The summed E-state index contributed by atoms with van der Waals surface area (Å²) in [5.41, 5.74) is 7.97. The van der Waals surface area contributed by atoms with Gasteiger partial charge >= 0.3 is 0 Å². The van der Waals surface area contributed by atoms with Crippen LogP contribution in [0.5, 0.6) is 0 Å². The highest BCUT2D eigenvalue weighted by atomic mass is 16.5. The Bertz CT molecular complexity index is 516. The number of nitrogens with two attached hydrogens (primary N) is 1. The Morgan fingerprint density at radius 3 is 3.05 bits per heavy atom. The smallest absolute Gasteiger partial charge is 0.248 e. The third kappa shape index (κ3) is 3.71. The molecule has 1 aliphatic rings. The second-order valence-electron chi connectivity index (χ2n) is 4.81. The Hall–Kier alpha value is -2.08. The van der Waals surface area contributed by atoms with Crippen molar-refractivity contribution in [3.8, 4) is 0 Å². The van der Waals surface area contributed by atoms with Crippen LogP contribution in [0.15, 0.2) is 18.2 Å². The quantitative estimate of drug-likeness (QED) is 0.796.